The van der Waals surface area contributed by atoms with Crippen LogP contribution in [0.2, 0.25) is 0 Å². The van der Waals surface area contributed by atoms with E-state index >= 15 is 0 Å². The van der Waals surface area contributed by atoms with Crippen LogP contribution < -0.4 is 10.1 Å². The Balaban J connectivity index is 1.78. The summed E-state index contributed by atoms with van der Waals surface area (Å²) in [5, 5.41) is 14.5. The number of hydrogen-bond acceptors (Lipinski definition) is 5. The van der Waals surface area contributed by atoms with Gasteiger partial charge in [0.1, 0.15) is 0 Å². The molecule has 2 fully saturated rings. The second-order valence-electron chi connectivity index (χ2n) is 6.37. The van der Waals surface area contributed by atoms with Gasteiger partial charge >= 0.3 is 5.69 Å². The van der Waals surface area contributed by atoms with Crippen LogP contribution in [-0.4, -0.2) is 49.0 Å². The minimum absolute atomic E-state index is 0.133. The maximum Gasteiger partial charge on any atom is 0.311 e. The van der Waals surface area contributed by atoms with Crippen LogP contribution in [0.1, 0.15) is 29.6 Å². The largest absolute Gasteiger partial charge is 0.490 e. The van der Waals surface area contributed by atoms with E-state index in [-0.39, 0.29) is 22.8 Å². The van der Waals surface area contributed by atoms with E-state index in [1.807, 2.05) is 4.90 Å². The van der Waals surface area contributed by atoms with E-state index in [9.17, 15) is 14.9 Å². The zero-order chi connectivity index (χ0) is 16.4. The van der Waals surface area contributed by atoms with E-state index in [1.165, 1.54) is 19.2 Å². The third-order valence-corrected chi connectivity index (χ3v) is 5.01. The van der Waals surface area contributed by atoms with Crippen LogP contribution >= 0.6 is 0 Å². The molecule has 7 heteroatoms. The normalized spacial score (nSPS) is 19.8. The number of benzene rings is 1. The van der Waals surface area contributed by atoms with Crippen LogP contribution in [0.3, 0.4) is 0 Å². The lowest BCUT2D eigenvalue weighted by Crippen LogP contribution is -2.39. The second-order valence-corrected chi connectivity index (χ2v) is 6.37. The van der Waals surface area contributed by atoms with Crippen molar-refractivity contribution < 1.29 is 14.5 Å². The van der Waals surface area contributed by atoms with E-state index in [0.717, 1.165) is 45.4 Å². The van der Waals surface area contributed by atoms with Gasteiger partial charge in [-0.25, -0.2) is 0 Å². The Morgan fingerprint density at radius 2 is 2.09 bits per heavy atom. The number of carbonyl (C=O) groups is 1. The highest BCUT2D eigenvalue weighted by molar-refractivity contribution is 5.95. The van der Waals surface area contributed by atoms with Crippen molar-refractivity contribution in [2.45, 2.75) is 19.3 Å². The molecule has 2 aliphatic rings. The van der Waals surface area contributed by atoms with Gasteiger partial charge in [-0.05, 0) is 49.9 Å². The van der Waals surface area contributed by atoms with Gasteiger partial charge in [0.05, 0.1) is 12.0 Å². The molecule has 0 atom stereocenters. The van der Waals surface area contributed by atoms with Crippen LogP contribution in [0.15, 0.2) is 18.2 Å². The molecule has 2 saturated heterocycles. The van der Waals surface area contributed by atoms with Gasteiger partial charge in [-0.2, -0.15) is 0 Å². The van der Waals surface area contributed by atoms with Gasteiger partial charge in [0.15, 0.2) is 5.75 Å². The average Bonchev–Trinajstić information content (AvgIpc) is 2.97. The third kappa shape index (κ3) is 3.01. The van der Waals surface area contributed by atoms with Crippen LogP contribution in [0, 0.1) is 15.5 Å². The van der Waals surface area contributed by atoms with Crippen molar-refractivity contribution in [2.24, 2.45) is 5.41 Å². The highest BCUT2D eigenvalue weighted by Crippen LogP contribution is 2.39. The third-order valence-electron chi connectivity index (χ3n) is 5.01. The molecule has 0 aromatic heterocycles. The Bertz CT molecular complexity index is 626. The van der Waals surface area contributed by atoms with Crippen molar-refractivity contribution in [3.05, 3.63) is 33.9 Å². The number of nitro benzene ring substituents is 1. The maximum absolute atomic E-state index is 12.7. The van der Waals surface area contributed by atoms with Gasteiger partial charge < -0.3 is 15.0 Å². The number of nitrogens with one attached hydrogen (secondary N) is 1. The molecule has 0 bridgehead atoms. The fourth-order valence-corrected chi connectivity index (χ4v) is 3.62. The molecule has 7 nitrogen and oxygen atoms in total. The number of nitro groups is 1. The Kier molecular flexibility index (Phi) is 4.21. The van der Waals surface area contributed by atoms with E-state index in [0.29, 0.717) is 5.56 Å². The molecular weight excluding hydrogens is 298 g/mol. The lowest BCUT2D eigenvalue weighted by Gasteiger charge is -2.33. The number of ether oxygens (including phenoxy) is 1. The molecule has 0 unspecified atom stereocenters. The standard InChI is InChI=1S/C16H21N3O4/c1-23-14-3-2-12(10-13(14)19(21)22)15(20)18-9-6-16(11-18)4-7-17-8-5-16/h2-3,10,17H,4-9,11H2,1H3. The molecule has 2 heterocycles. The predicted octanol–water partition coefficient (Wildman–Crippen LogP) is 1.82. The summed E-state index contributed by atoms with van der Waals surface area (Å²) < 4.78 is 4.98. The first-order valence-electron chi connectivity index (χ1n) is 7.87. The van der Waals surface area contributed by atoms with Gasteiger partial charge in [-0.1, -0.05) is 0 Å². The molecule has 0 saturated carbocycles. The second kappa shape index (κ2) is 6.16. The fourth-order valence-electron chi connectivity index (χ4n) is 3.62. The SMILES string of the molecule is COc1ccc(C(=O)N2CCC3(CCNCC3)C2)cc1[N+](=O)[O-]. The van der Waals surface area contributed by atoms with Gasteiger partial charge in [0.25, 0.3) is 5.91 Å². The smallest absolute Gasteiger partial charge is 0.311 e. The molecule has 124 valence electrons. The molecule has 1 aromatic carbocycles. The summed E-state index contributed by atoms with van der Waals surface area (Å²) in [6.07, 6.45) is 3.18. The highest BCUT2D eigenvalue weighted by atomic mass is 16.6. The summed E-state index contributed by atoms with van der Waals surface area (Å²) in [5.41, 5.74) is 0.400. The number of piperidine rings is 1. The number of likely N-dealkylation sites (tertiary alicyclic amines) is 1. The molecule has 0 radical (unpaired) electrons. The summed E-state index contributed by atoms with van der Waals surface area (Å²) in [7, 11) is 1.38. The first-order chi connectivity index (χ1) is 11.0. The monoisotopic (exact) mass is 319 g/mol. The van der Waals surface area contributed by atoms with Crippen molar-refractivity contribution in [3.63, 3.8) is 0 Å². The van der Waals surface area contributed by atoms with Crippen LogP contribution in [0.25, 0.3) is 0 Å². The lowest BCUT2D eigenvalue weighted by molar-refractivity contribution is -0.385. The molecule has 1 aromatic rings. The minimum atomic E-state index is -0.520. The molecule has 3 rings (SSSR count). The van der Waals surface area contributed by atoms with E-state index in [4.69, 9.17) is 4.74 Å². The Morgan fingerprint density at radius 3 is 2.74 bits per heavy atom. The van der Waals surface area contributed by atoms with Crippen LogP contribution in [-0.2, 0) is 0 Å². The highest BCUT2D eigenvalue weighted by Gasteiger charge is 2.40. The molecule has 23 heavy (non-hydrogen) atoms. The van der Waals surface area contributed by atoms with Crippen molar-refractivity contribution in [3.8, 4) is 5.75 Å². The number of hydrogen-bond donors (Lipinski definition) is 1. The first-order valence-corrected chi connectivity index (χ1v) is 7.87. The number of nitrogens with zero attached hydrogens (tertiary/aromatic N) is 2. The van der Waals surface area contributed by atoms with Gasteiger partial charge in [0, 0.05) is 24.7 Å². The van der Waals surface area contributed by atoms with Crippen LogP contribution in [0.4, 0.5) is 5.69 Å². The van der Waals surface area contributed by atoms with E-state index in [2.05, 4.69) is 5.32 Å². The van der Waals surface area contributed by atoms with Crippen molar-refractivity contribution in [1.29, 1.82) is 0 Å². The zero-order valence-corrected chi connectivity index (χ0v) is 13.2. The topological polar surface area (TPSA) is 84.7 Å². The van der Waals surface area contributed by atoms with Crippen LogP contribution in [0.5, 0.6) is 5.75 Å². The average molecular weight is 319 g/mol. The van der Waals surface area contributed by atoms with Gasteiger partial charge in [0.2, 0.25) is 0 Å². The zero-order valence-electron chi connectivity index (χ0n) is 13.2. The van der Waals surface area contributed by atoms with E-state index in [1.54, 1.807) is 6.07 Å². The van der Waals surface area contributed by atoms with Gasteiger partial charge in [-0.15, -0.1) is 0 Å². The molecule has 1 amide bonds. The first kappa shape index (κ1) is 15.7. The Hall–Kier alpha value is -2.15. The summed E-state index contributed by atoms with van der Waals surface area (Å²) >= 11 is 0. The predicted molar refractivity (Wildman–Crippen MR) is 84.7 cm³/mol. The number of amides is 1. The summed E-state index contributed by atoms with van der Waals surface area (Å²) in [6.45, 7) is 3.46. The molecule has 2 aliphatic heterocycles. The molecule has 1 N–H and O–H groups in total. The van der Waals surface area contributed by atoms with Gasteiger partial charge in [-0.3, -0.25) is 14.9 Å². The summed E-state index contributed by atoms with van der Waals surface area (Å²) in [6, 6.07) is 4.40. The fraction of sp³-hybridized carbons (Fsp3) is 0.562. The number of carbonyl (C=O) groups excluding carboxylic acids is 1. The Labute approximate surface area is 134 Å². The molecule has 1 spiro atoms. The number of methoxy groups -OCH3 is 1. The number of rotatable bonds is 3. The van der Waals surface area contributed by atoms with Crippen molar-refractivity contribution >= 4 is 11.6 Å². The van der Waals surface area contributed by atoms with Crippen molar-refractivity contribution in [1.82, 2.24) is 10.2 Å². The summed E-state index contributed by atoms with van der Waals surface area (Å²) in [4.78, 5) is 25.1. The minimum Gasteiger partial charge on any atom is -0.490 e. The molecule has 0 aliphatic carbocycles. The maximum atomic E-state index is 12.7. The Morgan fingerprint density at radius 1 is 1.35 bits per heavy atom. The van der Waals surface area contributed by atoms with Crippen molar-refractivity contribution in [2.75, 3.05) is 33.3 Å². The van der Waals surface area contributed by atoms with E-state index < -0.39 is 4.92 Å². The lowest BCUT2D eigenvalue weighted by atomic mass is 9.78. The quantitative estimate of drug-likeness (QED) is 0.678. The summed E-state index contributed by atoms with van der Waals surface area (Å²) in [5.74, 6) is 0.0361. The molecular formula is C16H21N3O4.